The molecule has 0 atom stereocenters. The summed E-state index contributed by atoms with van der Waals surface area (Å²) in [6.45, 7) is 3.60. The average Bonchev–Trinajstić information content (AvgIpc) is 3.19. The van der Waals surface area contributed by atoms with Crippen molar-refractivity contribution in [1.82, 2.24) is 20.0 Å². The van der Waals surface area contributed by atoms with E-state index in [1.807, 2.05) is 12.1 Å². The minimum Gasteiger partial charge on any atom is -0.357 e. The van der Waals surface area contributed by atoms with Crippen LogP contribution in [0.15, 0.2) is 22.9 Å². The molecule has 25 heavy (non-hydrogen) atoms. The largest absolute Gasteiger partial charge is 0.357 e. The van der Waals surface area contributed by atoms with E-state index in [1.165, 1.54) is 25.7 Å². The summed E-state index contributed by atoms with van der Waals surface area (Å²) in [5.74, 6) is 1.30. The number of carbonyl (C=O) groups is 1. The van der Waals surface area contributed by atoms with Crippen molar-refractivity contribution < 1.29 is 9.32 Å². The quantitative estimate of drug-likeness (QED) is 0.854. The highest BCUT2D eigenvalue weighted by Gasteiger charge is 2.24. The zero-order valence-electron chi connectivity index (χ0n) is 14.4. The fraction of sp³-hybridized carbons (Fsp3) is 0.556. The molecule has 0 unspecified atom stereocenters. The first-order valence-corrected chi connectivity index (χ1v) is 9.15. The summed E-state index contributed by atoms with van der Waals surface area (Å²) in [6.07, 6.45) is 8.69. The maximum absolute atomic E-state index is 12.5. The molecule has 2 aliphatic rings. The smallest absolute Gasteiger partial charge is 0.316 e. The fourth-order valence-corrected chi connectivity index (χ4v) is 3.51. The van der Waals surface area contributed by atoms with Gasteiger partial charge in [-0.1, -0.05) is 5.16 Å². The summed E-state index contributed by atoms with van der Waals surface area (Å²) in [5, 5.41) is 4.01. The minimum absolute atomic E-state index is 0.0771. The van der Waals surface area contributed by atoms with Gasteiger partial charge in [0.1, 0.15) is 5.82 Å². The predicted molar refractivity (Wildman–Crippen MR) is 93.3 cm³/mol. The summed E-state index contributed by atoms with van der Waals surface area (Å²) in [4.78, 5) is 25.3. The molecule has 0 radical (unpaired) electrons. The lowest BCUT2D eigenvalue weighted by molar-refractivity contribution is 0.0674. The second-order valence-electron chi connectivity index (χ2n) is 6.73. The van der Waals surface area contributed by atoms with Gasteiger partial charge in [0.15, 0.2) is 0 Å². The highest BCUT2D eigenvalue weighted by atomic mass is 16.5. The molecule has 2 fully saturated rings. The maximum Gasteiger partial charge on any atom is 0.316 e. The van der Waals surface area contributed by atoms with Gasteiger partial charge in [-0.2, -0.15) is 4.98 Å². The Morgan fingerprint density at radius 3 is 2.48 bits per heavy atom. The second kappa shape index (κ2) is 7.21. The molecule has 0 aliphatic carbocycles. The molecule has 0 N–H and O–H groups in total. The van der Waals surface area contributed by atoms with Crippen LogP contribution in [-0.2, 0) is 0 Å². The third kappa shape index (κ3) is 3.50. The lowest BCUT2D eigenvalue weighted by atomic mass is 10.1. The van der Waals surface area contributed by atoms with E-state index in [-0.39, 0.29) is 11.8 Å². The van der Waals surface area contributed by atoms with Gasteiger partial charge in [-0.15, -0.1) is 0 Å². The van der Waals surface area contributed by atoms with E-state index < -0.39 is 0 Å². The normalized spacial score (nSPS) is 18.4. The van der Waals surface area contributed by atoms with Crippen LogP contribution in [0.3, 0.4) is 0 Å². The van der Waals surface area contributed by atoms with E-state index in [9.17, 15) is 4.79 Å². The molecule has 2 aliphatic heterocycles. The standard InChI is InChI=1S/C18H23N5O2/c24-18(23-11-5-2-6-12-23)17-20-16(21-25-17)14-7-8-19-15(13-14)22-9-3-1-4-10-22/h7-8,13H,1-6,9-12H2. The summed E-state index contributed by atoms with van der Waals surface area (Å²) >= 11 is 0. The van der Waals surface area contributed by atoms with Gasteiger partial charge >= 0.3 is 11.8 Å². The third-order valence-corrected chi connectivity index (χ3v) is 4.94. The van der Waals surface area contributed by atoms with Crippen molar-refractivity contribution >= 4 is 11.7 Å². The maximum atomic E-state index is 12.5. The molecule has 4 heterocycles. The van der Waals surface area contributed by atoms with Crippen molar-refractivity contribution in [3.63, 3.8) is 0 Å². The first-order valence-electron chi connectivity index (χ1n) is 9.15. The van der Waals surface area contributed by atoms with Gasteiger partial charge in [-0.3, -0.25) is 4.79 Å². The molecule has 0 bridgehead atoms. The molecule has 2 aromatic rings. The number of anilines is 1. The molecule has 0 aromatic carbocycles. The van der Waals surface area contributed by atoms with E-state index in [0.29, 0.717) is 5.82 Å². The highest BCUT2D eigenvalue weighted by molar-refractivity contribution is 5.90. The Balaban J connectivity index is 1.52. The fourth-order valence-electron chi connectivity index (χ4n) is 3.51. The van der Waals surface area contributed by atoms with Crippen LogP contribution >= 0.6 is 0 Å². The van der Waals surface area contributed by atoms with Crippen LogP contribution in [0.25, 0.3) is 11.4 Å². The van der Waals surface area contributed by atoms with Gasteiger partial charge in [0, 0.05) is 37.9 Å². The number of aromatic nitrogens is 3. The number of amides is 1. The Morgan fingerprint density at radius 2 is 1.72 bits per heavy atom. The number of hydrogen-bond donors (Lipinski definition) is 0. The SMILES string of the molecule is O=C(c1nc(-c2ccnc(N3CCCCC3)c2)no1)N1CCCCC1. The van der Waals surface area contributed by atoms with Gasteiger partial charge in [-0.25, -0.2) is 4.98 Å². The Labute approximate surface area is 147 Å². The zero-order valence-corrected chi connectivity index (χ0v) is 14.4. The van der Waals surface area contributed by atoms with E-state index >= 15 is 0 Å². The van der Waals surface area contributed by atoms with Crippen molar-refractivity contribution in [2.75, 3.05) is 31.1 Å². The van der Waals surface area contributed by atoms with Crippen LogP contribution < -0.4 is 4.90 Å². The van der Waals surface area contributed by atoms with Crippen molar-refractivity contribution in [2.45, 2.75) is 38.5 Å². The van der Waals surface area contributed by atoms with Crippen LogP contribution in [0.4, 0.5) is 5.82 Å². The van der Waals surface area contributed by atoms with Gasteiger partial charge in [0.25, 0.3) is 0 Å². The van der Waals surface area contributed by atoms with Crippen molar-refractivity contribution in [3.05, 3.63) is 24.2 Å². The predicted octanol–water partition coefficient (Wildman–Crippen LogP) is 2.75. The lowest BCUT2D eigenvalue weighted by Crippen LogP contribution is -2.35. The molecule has 7 heteroatoms. The van der Waals surface area contributed by atoms with Crippen molar-refractivity contribution in [3.8, 4) is 11.4 Å². The number of carbonyl (C=O) groups excluding carboxylic acids is 1. The van der Waals surface area contributed by atoms with Crippen LogP contribution in [0.2, 0.25) is 0 Å². The summed E-state index contributed by atoms with van der Waals surface area (Å²) < 4.78 is 5.23. The van der Waals surface area contributed by atoms with Gasteiger partial charge in [-0.05, 0) is 50.7 Å². The third-order valence-electron chi connectivity index (χ3n) is 4.94. The zero-order chi connectivity index (χ0) is 17.1. The first kappa shape index (κ1) is 16.1. The number of pyridine rings is 1. The number of hydrogen-bond acceptors (Lipinski definition) is 6. The molecular weight excluding hydrogens is 318 g/mol. The average molecular weight is 341 g/mol. The van der Waals surface area contributed by atoms with Gasteiger partial charge in [0.2, 0.25) is 5.82 Å². The number of rotatable bonds is 3. The van der Waals surface area contributed by atoms with Gasteiger partial charge in [0.05, 0.1) is 0 Å². The lowest BCUT2D eigenvalue weighted by Gasteiger charge is -2.27. The molecule has 4 rings (SSSR count). The van der Waals surface area contributed by atoms with Crippen LogP contribution in [0, 0.1) is 0 Å². The van der Waals surface area contributed by atoms with Crippen LogP contribution in [-0.4, -0.2) is 52.1 Å². The molecule has 2 aromatic heterocycles. The Morgan fingerprint density at radius 1 is 1.00 bits per heavy atom. The first-order chi connectivity index (χ1) is 12.3. The monoisotopic (exact) mass is 341 g/mol. The number of likely N-dealkylation sites (tertiary alicyclic amines) is 1. The van der Waals surface area contributed by atoms with Gasteiger partial charge < -0.3 is 14.3 Å². The minimum atomic E-state index is -0.163. The molecule has 1 amide bonds. The van der Waals surface area contributed by atoms with E-state index in [0.717, 1.165) is 50.4 Å². The number of piperidine rings is 2. The van der Waals surface area contributed by atoms with E-state index in [4.69, 9.17) is 4.52 Å². The van der Waals surface area contributed by atoms with E-state index in [1.54, 1.807) is 11.1 Å². The van der Waals surface area contributed by atoms with Crippen molar-refractivity contribution in [2.24, 2.45) is 0 Å². The Bertz CT molecular complexity index is 733. The summed E-state index contributed by atoms with van der Waals surface area (Å²) in [7, 11) is 0. The van der Waals surface area contributed by atoms with Crippen LogP contribution in [0.1, 0.15) is 49.2 Å². The number of nitrogens with zero attached hydrogens (tertiary/aromatic N) is 5. The molecular formula is C18H23N5O2. The summed E-state index contributed by atoms with van der Waals surface area (Å²) in [5.41, 5.74) is 0.831. The molecule has 2 saturated heterocycles. The summed E-state index contributed by atoms with van der Waals surface area (Å²) in [6, 6.07) is 3.83. The topological polar surface area (TPSA) is 75.4 Å². The molecule has 0 spiro atoms. The highest BCUT2D eigenvalue weighted by Crippen LogP contribution is 2.23. The second-order valence-corrected chi connectivity index (χ2v) is 6.73. The molecule has 132 valence electrons. The van der Waals surface area contributed by atoms with E-state index in [2.05, 4.69) is 20.0 Å². The van der Waals surface area contributed by atoms with Crippen molar-refractivity contribution in [1.29, 1.82) is 0 Å². The molecule has 0 saturated carbocycles. The Hall–Kier alpha value is -2.44. The Kier molecular flexibility index (Phi) is 4.63. The van der Waals surface area contributed by atoms with Crippen LogP contribution in [0.5, 0.6) is 0 Å². The molecule has 7 nitrogen and oxygen atoms in total.